The molecule has 88 valence electrons. The van der Waals surface area contributed by atoms with Gasteiger partial charge in [-0.3, -0.25) is 4.68 Å². The second-order valence-corrected chi connectivity index (χ2v) is 3.30. The first kappa shape index (κ1) is 11.1. The molecule has 0 saturated carbocycles. The number of aromatic carboxylic acids is 1. The number of hydrogen-bond donors (Lipinski definition) is 2. The van der Waals surface area contributed by atoms with E-state index in [1.165, 1.54) is 12.4 Å². The molecule has 0 spiro atoms. The Morgan fingerprint density at radius 3 is 2.76 bits per heavy atom. The van der Waals surface area contributed by atoms with Gasteiger partial charge >= 0.3 is 5.97 Å². The maximum absolute atomic E-state index is 10.6. The number of anilines is 2. The van der Waals surface area contributed by atoms with Gasteiger partial charge in [-0.15, -0.1) is 0 Å². The van der Waals surface area contributed by atoms with Crippen LogP contribution in [0.1, 0.15) is 17.4 Å². The molecule has 2 N–H and O–H groups in total. The number of hydrogen-bond acceptors (Lipinski definition) is 5. The molecule has 17 heavy (non-hydrogen) atoms. The highest BCUT2D eigenvalue weighted by atomic mass is 16.4. The van der Waals surface area contributed by atoms with Crippen molar-refractivity contribution in [3.05, 3.63) is 30.5 Å². The Bertz CT molecular complexity index is 520. The van der Waals surface area contributed by atoms with Gasteiger partial charge < -0.3 is 10.4 Å². The summed E-state index contributed by atoms with van der Waals surface area (Å²) < 4.78 is 1.77. The molecule has 0 bridgehead atoms. The van der Waals surface area contributed by atoms with Crippen LogP contribution in [-0.4, -0.2) is 30.8 Å². The van der Waals surface area contributed by atoms with Crippen molar-refractivity contribution in [3.8, 4) is 0 Å². The lowest BCUT2D eigenvalue weighted by Crippen LogP contribution is -2.02. The normalized spacial score (nSPS) is 10.2. The molecule has 0 amide bonds. The minimum absolute atomic E-state index is 0.0835. The lowest BCUT2D eigenvalue weighted by molar-refractivity contribution is 0.0690. The number of rotatable bonds is 4. The van der Waals surface area contributed by atoms with Crippen molar-refractivity contribution in [3.63, 3.8) is 0 Å². The van der Waals surface area contributed by atoms with E-state index < -0.39 is 5.97 Å². The monoisotopic (exact) mass is 233 g/mol. The summed E-state index contributed by atoms with van der Waals surface area (Å²) in [7, 11) is 0. The average Bonchev–Trinajstić information content (AvgIpc) is 2.77. The van der Waals surface area contributed by atoms with Gasteiger partial charge in [-0.05, 0) is 6.92 Å². The SMILES string of the molecule is CCn1cc(Nc2cnc(C(=O)O)cn2)cn1. The predicted octanol–water partition coefficient (Wildman–Crippen LogP) is 1.13. The first-order chi connectivity index (χ1) is 8.19. The van der Waals surface area contributed by atoms with E-state index in [4.69, 9.17) is 5.11 Å². The Labute approximate surface area is 97.1 Å². The Morgan fingerprint density at radius 1 is 1.41 bits per heavy atom. The summed E-state index contributed by atoms with van der Waals surface area (Å²) in [6.07, 6.45) is 6.06. The van der Waals surface area contributed by atoms with E-state index >= 15 is 0 Å². The molecule has 0 atom stereocenters. The summed E-state index contributed by atoms with van der Waals surface area (Å²) in [5, 5.41) is 15.7. The quantitative estimate of drug-likeness (QED) is 0.822. The highest BCUT2D eigenvalue weighted by molar-refractivity contribution is 5.84. The molecule has 0 unspecified atom stereocenters. The van der Waals surface area contributed by atoms with Crippen molar-refractivity contribution in [2.24, 2.45) is 0 Å². The van der Waals surface area contributed by atoms with Crippen LogP contribution in [0.2, 0.25) is 0 Å². The van der Waals surface area contributed by atoms with Crippen LogP contribution < -0.4 is 5.32 Å². The van der Waals surface area contributed by atoms with Crippen molar-refractivity contribution in [1.82, 2.24) is 19.7 Å². The van der Waals surface area contributed by atoms with Crippen LogP contribution >= 0.6 is 0 Å². The summed E-state index contributed by atoms with van der Waals surface area (Å²) in [4.78, 5) is 18.3. The van der Waals surface area contributed by atoms with Crippen LogP contribution in [0.3, 0.4) is 0 Å². The first-order valence-corrected chi connectivity index (χ1v) is 5.04. The largest absolute Gasteiger partial charge is 0.476 e. The molecule has 2 heterocycles. The summed E-state index contributed by atoms with van der Waals surface area (Å²) in [6.45, 7) is 2.77. The van der Waals surface area contributed by atoms with Crippen LogP contribution in [0.5, 0.6) is 0 Å². The van der Waals surface area contributed by atoms with Gasteiger partial charge in [0.1, 0.15) is 5.82 Å². The van der Waals surface area contributed by atoms with E-state index in [9.17, 15) is 4.79 Å². The lowest BCUT2D eigenvalue weighted by atomic mass is 10.4. The zero-order valence-corrected chi connectivity index (χ0v) is 9.16. The molecular weight excluding hydrogens is 222 g/mol. The number of nitrogens with zero attached hydrogens (tertiary/aromatic N) is 4. The van der Waals surface area contributed by atoms with Gasteiger partial charge in [-0.1, -0.05) is 0 Å². The maximum atomic E-state index is 10.6. The maximum Gasteiger partial charge on any atom is 0.356 e. The molecule has 0 aromatic carbocycles. The van der Waals surface area contributed by atoms with Crippen molar-refractivity contribution in [2.75, 3.05) is 5.32 Å². The zero-order chi connectivity index (χ0) is 12.3. The summed E-state index contributed by atoms with van der Waals surface area (Å²) in [6, 6.07) is 0. The smallest absolute Gasteiger partial charge is 0.356 e. The van der Waals surface area contributed by atoms with Gasteiger partial charge in [0.05, 0.1) is 24.3 Å². The molecule has 0 aliphatic rings. The van der Waals surface area contributed by atoms with Crippen molar-refractivity contribution in [1.29, 1.82) is 0 Å². The molecule has 0 aliphatic carbocycles. The Hall–Kier alpha value is -2.44. The first-order valence-electron chi connectivity index (χ1n) is 5.04. The molecule has 0 aliphatic heterocycles. The summed E-state index contributed by atoms with van der Waals surface area (Å²) >= 11 is 0. The average molecular weight is 233 g/mol. The van der Waals surface area contributed by atoms with Crippen LogP contribution in [0.4, 0.5) is 11.5 Å². The molecule has 7 heteroatoms. The van der Waals surface area contributed by atoms with Gasteiger partial charge in [0.25, 0.3) is 0 Å². The van der Waals surface area contributed by atoms with E-state index in [0.717, 1.165) is 12.2 Å². The van der Waals surface area contributed by atoms with Gasteiger partial charge in [-0.2, -0.15) is 5.10 Å². The number of carboxylic acids is 1. The van der Waals surface area contributed by atoms with E-state index in [1.807, 2.05) is 13.1 Å². The predicted molar refractivity (Wildman–Crippen MR) is 60.2 cm³/mol. The van der Waals surface area contributed by atoms with E-state index in [0.29, 0.717) is 5.82 Å². The Morgan fingerprint density at radius 2 is 2.24 bits per heavy atom. The third kappa shape index (κ3) is 2.57. The van der Waals surface area contributed by atoms with E-state index in [1.54, 1.807) is 10.9 Å². The van der Waals surface area contributed by atoms with Crippen LogP contribution in [-0.2, 0) is 6.54 Å². The fourth-order valence-corrected chi connectivity index (χ4v) is 1.25. The molecule has 0 saturated heterocycles. The van der Waals surface area contributed by atoms with Gasteiger partial charge in [0.15, 0.2) is 5.69 Å². The third-order valence-corrected chi connectivity index (χ3v) is 2.10. The van der Waals surface area contributed by atoms with Gasteiger partial charge in [0, 0.05) is 12.7 Å². The molecule has 2 rings (SSSR count). The minimum atomic E-state index is -1.09. The van der Waals surface area contributed by atoms with E-state index in [2.05, 4.69) is 20.4 Å². The molecule has 7 nitrogen and oxygen atoms in total. The molecule has 0 radical (unpaired) electrons. The van der Waals surface area contributed by atoms with Crippen molar-refractivity contribution >= 4 is 17.5 Å². The van der Waals surface area contributed by atoms with Gasteiger partial charge in [-0.25, -0.2) is 14.8 Å². The number of aryl methyl sites for hydroxylation is 1. The highest BCUT2D eigenvalue weighted by Crippen LogP contribution is 2.12. The molecule has 2 aromatic heterocycles. The third-order valence-electron chi connectivity index (χ3n) is 2.10. The topological polar surface area (TPSA) is 92.9 Å². The Kier molecular flexibility index (Phi) is 2.99. The van der Waals surface area contributed by atoms with E-state index in [-0.39, 0.29) is 5.69 Å². The fraction of sp³-hybridized carbons (Fsp3) is 0.200. The number of carbonyl (C=O) groups is 1. The molecule has 0 fully saturated rings. The van der Waals surface area contributed by atoms with Gasteiger partial charge in [0.2, 0.25) is 0 Å². The van der Waals surface area contributed by atoms with Crippen LogP contribution in [0.25, 0.3) is 0 Å². The lowest BCUT2D eigenvalue weighted by Gasteiger charge is -2.01. The Balaban J connectivity index is 2.10. The summed E-state index contributed by atoms with van der Waals surface area (Å²) in [5.41, 5.74) is 0.698. The summed E-state index contributed by atoms with van der Waals surface area (Å²) in [5.74, 6) is -0.617. The number of aromatic nitrogens is 4. The van der Waals surface area contributed by atoms with Crippen LogP contribution in [0.15, 0.2) is 24.8 Å². The minimum Gasteiger partial charge on any atom is -0.476 e. The van der Waals surface area contributed by atoms with Crippen molar-refractivity contribution in [2.45, 2.75) is 13.5 Å². The van der Waals surface area contributed by atoms with Crippen molar-refractivity contribution < 1.29 is 9.90 Å². The highest BCUT2D eigenvalue weighted by Gasteiger charge is 2.05. The second-order valence-electron chi connectivity index (χ2n) is 3.30. The number of carboxylic acid groups (broad SMARTS) is 1. The fourth-order valence-electron chi connectivity index (χ4n) is 1.25. The number of nitrogens with one attached hydrogen (secondary N) is 1. The second kappa shape index (κ2) is 4.60. The van der Waals surface area contributed by atoms with Crippen LogP contribution in [0, 0.1) is 0 Å². The standard InChI is InChI=1S/C10H11N5O2/c1-2-15-6-7(3-13-15)14-9-5-11-8(4-12-9)10(16)17/h3-6H,2H2,1H3,(H,12,14)(H,16,17). The molecular formula is C10H11N5O2. The zero-order valence-electron chi connectivity index (χ0n) is 9.16. The molecule has 2 aromatic rings.